The third-order valence-corrected chi connectivity index (χ3v) is 3.45. The van der Waals surface area contributed by atoms with Crippen molar-refractivity contribution in [1.82, 2.24) is 19.6 Å². The summed E-state index contributed by atoms with van der Waals surface area (Å²) in [5.74, 6) is 0.983. The summed E-state index contributed by atoms with van der Waals surface area (Å²) in [6.45, 7) is 4.08. The molecule has 1 aromatic carbocycles. The number of aryl methyl sites for hydroxylation is 1. The summed E-state index contributed by atoms with van der Waals surface area (Å²) in [7, 11) is 0. The van der Waals surface area contributed by atoms with E-state index in [9.17, 15) is 0 Å². The Morgan fingerprint density at radius 2 is 2.06 bits per heavy atom. The van der Waals surface area contributed by atoms with Crippen LogP contribution in [0.25, 0.3) is 16.7 Å². The predicted octanol–water partition coefficient (Wildman–Crippen LogP) is 2.70. The highest BCUT2D eigenvalue weighted by Gasteiger charge is 2.11. The van der Waals surface area contributed by atoms with Gasteiger partial charge < -0.3 is 0 Å². The molecule has 0 saturated carbocycles. The maximum atomic E-state index is 4.54. The first-order valence-corrected chi connectivity index (χ1v) is 6.53. The number of rotatable bonds is 2. The van der Waals surface area contributed by atoms with E-state index in [4.69, 9.17) is 0 Å². The van der Waals surface area contributed by atoms with Crippen LogP contribution in [0.4, 0.5) is 0 Å². The molecule has 0 fully saturated rings. The van der Waals surface area contributed by atoms with Crippen LogP contribution in [0.1, 0.15) is 12.6 Å². The van der Waals surface area contributed by atoms with Crippen LogP contribution in [0.5, 0.6) is 0 Å². The van der Waals surface area contributed by atoms with Crippen molar-refractivity contribution in [3.8, 4) is 0 Å². The molecular formula is C12H12N4S. The van der Waals surface area contributed by atoms with Crippen molar-refractivity contribution in [2.75, 3.05) is 5.75 Å². The van der Waals surface area contributed by atoms with E-state index >= 15 is 0 Å². The fraction of sp³-hybridized carbons (Fsp3) is 0.250. The number of aromatic nitrogens is 4. The van der Waals surface area contributed by atoms with E-state index in [0.717, 1.165) is 33.3 Å². The van der Waals surface area contributed by atoms with Crippen LogP contribution in [0, 0.1) is 6.92 Å². The molecule has 0 aliphatic rings. The van der Waals surface area contributed by atoms with Gasteiger partial charge in [0.05, 0.1) is 16.7 Å². The topological polar surface area (TPSA) is 43.1 Å². The number of thioether (sulfide) groups is 1. The molecule has 0 aliphatic carbocycles. The van der Waals surface area contributed by atoms with Gasteiger partial charge in [0.1, 0.15) is 0 Å². The fourth-order valence-electron chi connectivity index (χ4n) is 1.92. The number of hydrogen-bond acceptors (Lipinski definition) is 4. The molecule has 0 radical (unpaired) electrons. The minimum atomic E-state index is 0.847. The third-order valence-electron chi connectivity index (χ3n) is 2.64. The molecule has 0 aliphatic heterocycles. The molecule has 3 rings (SSSR count). The second-order valence-electron chi connectivity index (χ2n) is 3.76. The molecule has 0 unspecified atom stereocenters. The molecule has 0 saturated heterocycles. The van der Waals surface area contributed by atoms with Crippen molar-refractivity contribution < 1.29 is 0 Å². The summed E-state index contributed by atoms with van der Waals surface area (Å²) in [6, 6.07) is 8.08. The summed E-state index contributed by atoms with van der Waals surface area (Å²) < 4.78 is 2.09. The average molecular weight is 244 g/mol. The van der Waals surface area contributed by atoms with Crippen molar-refractivity contribution >= 4 is 28.4 Å². The van der Waals surface area contributed by atoms with Gasteiger partial charge >= 0.3 is 0 Å². The van der Waals surface area contributed by atoms with Crippen molar-refractivity contribution in [3.63, 3.8) is 0 Å². The Morgan fingerprint density at radius 3 is 2.88 bits per heavy atom. The van der Waals surface area contributed by atoms with Gasteiger partial charge in [-0.15, -0.1) is 10.2 Å². The number of fused-ring (bicyclic) bond motifs is 3. The maximum absolute atomic E-state index is 4.54. The first-order chi connectivity index (χ1) is 8.31. The summed E-state index contributed by atoms with van der Waals surface area (Å²) in [5.41, 5.74) is 3.81. The second-order valence-corrected chi connectivity index (χ2v) is 4.99. The van der Waals surface area contributed by atoms with E-state index in [0.29, 0.717) is 0 Å². The summed E-state index contributed by atoms with van der Waals surface area (Å²) in [5, 5.41) is 9.38. The lowest BCUT2D eigenvalue weighted by Crippen LogP contribution is -1.96. The van der Waals surface area contributed by atoms with Crippen LogP contribution in [0.15, 0.2) is 29.4 Å². The summed E-state index contributed by atoms with van der Waals surface area (Å²) in [6.07, 6.45) is 0. The van der Waals surface area contributed by atoms with E-state index < -0.39 is 0 Å². The van der Waals surface area contributed by atoms with Crippen LogP contribution in [0.2, 0.25) is 0 Å². The van der Waals surface area contributed by atoms with Crippen LogP contribution >= 0.6 is 11.8 Å². The first-order valence-electron chi connectivity index (χ1n) is 5.54. The van der Waals surface area contributed by atoms with E-state index in [1.54, 1.807) is 11.8 Å². The molecule has 2 aromatic heterocycles. The van der Waals surface area contributed by atoms with Gasteiger partial charge in [0.2, 0.25) is 0 Å². The van der Waals surface area contributed by atoms with E-state index in [1.165, 1.54) is 0 Å². The first kappa shape index (κ1) is 10.5. The Labute approximate surface area is 103 Å². The standard InChI is InChI=1S/C12H12N4S/c1-3-17-12-15-14-11-8(2)13-9-6-4-5-7-10(9)16(11)12/h4-7H,3H2,1-2H3. The van der Waals surface area contributed by atoms with Gasteiger partial charge in [-0.2, -0.15) is 0 Å². The lowest BCUT2D eigenvalue weighted by molar-refractivity contribution is 0.939. The van der Waals surface area contributed by atoms with Crippen LogP contribution in [-0.2, 0) is 0 Å². The summed E-state index contributed by atoms with van der Waals surface area (Å²) in [4.78, 5) is 4.54. The molecule has 2 heterocycles. The summed E-state index contributed by atoms with van der Waals surface area (Å²) >= 11 is 1.70. The van der Waals surface area contributed by atoms with Crippen molar-refractivity contribution in [2.24, 2.45) is 0 Å². The second kappa shape index (κ2) is 4.00. The van der Waals surface area contributed by atoms with Crippen LogP contribution < -0.4 is 0 Å². The molecule has 0 bridgehead atoms. The van der Waals surface area contributed by atoms with Crippen LogP contribution in [-0.4, -0.2) is 25.3 Å². The van der Waals surface area contributed by atoms with Gasteiger partial charge in [-0.3, -0.25) is 4.40 Å². The Balaban J connectivity index is 2.47. The van der Waals surface area contributed by atoms with Gasteiger partial charge in [-0.05, 0) is 24.8 Å². The molecule has 0 atom stereocenters. The third kappa shape index (κ3) is 1.58. The normalized spacial score (nSPS) is 11.4. The molecule has 86 valence electrons. The van der Waals surface area contributed by atoms with Crippen molar-refractivity contribution in [1.29, 1.82) is 0 Å². The van der Waals surface area contributed by atoms with Gasteiger partial charge in [-0.25, -0.2) is 4.98 Å². The van der Waals surface area contributed by atoms with Gasteiger partial charge in [0.15, 0.2) is 10.8 Å². The Kier molecular flexibility index (Phi) is 2.48. The largest absolute Gasteiger partial charge is 0.267 e. The maximum Gasteiger partial charge on any atom is 0.196 e. The molecule has 0 amide bonds. The number of para-hydroxylation sites is 2. The molecule has 0 spiro atoms. The van der Waals surface area contributed by atoms with E-state index in [2.05, 4.69) is 32.6 Å². The Morgan fingerprint density at radius 1 is 1.24 bits per heavy atom. The van der Waals surface area contributed by atoms with E-state index in [1.807, 2.05) is 25.1 Å². The zero-order chi connectivity index (χ0) is 11.8. The molecule has 17 heavy (non-hydrogen) atoms. The van der Waals surface area contributed by atoms with Crippen molar-refractivity contribution in [2.45, 2.75) is 19.0 Å². The van der Waals surface area contributed by atoms with Gasteiger partial charge in [-0.1, -0.05) is 30.8 Å². The van der Waals surface area contributed by atoms with Crippen molar-refractivity contribution in [3.05, 3.63) is 30.0 Å². The highest BCUT2D eigenvalue weighted by atomic mass is 32.2. The molecule has 0 N–H and O–H groups in total. The number of nitrogens with zero attached hydrogens (tertiary/aromatic N) is 4. The molecule has 3 aromatic rings. The average Bonchev–Trinajstić information content (AvgIpc) is 2.75. The zero-order valence-electron chi connectivity index (χ0n) is 9.71. The van der Waals surface area contributed by atoms with Crippen LogP contribution in [0.3, 0.4) is 0 Å². The predicted molar refractivity (Wildman–Crippen MR) is 69.4 cm³/mol. The minimum absolute atomic E-state index is 0.847. The number of hydrogen-bond donors (Lipinski definition) is 0. The Hall–Kier alpha value is -1.62. The Bertz CT molecular complexity index is 689. The lowest BCUT2D eigenvalue weighted by Gasteiger charge is -2.04. The smallest absolute Gasteiger partial charge is 0.196 e. The van der Waals surface area contributed by atoms with Gasteiger partial charge in [0, 0.05) is 0 Å². The van der Waals surface area contributed by atoms with Gasteiger partial charge in [0.25, 0.3) is 0 Å². The lowest BCUT2D eigenvalue weighted by atomic mass is 10.3. The highest BCUT2D eigenvalue weighted by Crippen LogP contribution is 2.23. The highest BCUT2D eigenvalue weighted by molar-refractivity contribution is 7.99. The SMILES string of the molecule is CCSc1nnc2c(C)nc3ccccc3n12. The zero-order valence-corrected chi connectivity index (χ0v) is 10.5. The molecule has 4 nitrogen and oxygen atoms in total. The number of benzene rings is 1. The molecular weight excluding hydrogens is 232 g/mol. The van der Waals surface area contributed by atoms with E-state index in [-0.39, 0.29) is 0 Å². The monoisotopic (exact) mass is 244 g/mol. The quantitative estimate of drug-likeness (QED) is 0.650. The fourth-order valence-corrected chi connectivity index (χ4v) is 2.59. The minimum Gasteiger partial charge on any atom is -0.267 e. The molecule has 5 heteroatoms.